The third-order valence-corrected chi connectivity index (χ3v) is 6.17. The first-order valence-corrected chi connectivity index (χ1v) is 10.5. The van der Waals surface area contributed by atoms with Crippen molar-refractivity contribution in [2.75, 3.05) is 26.2 Å². The molecular formula is C20H23BrN6O3. The van der Waals surface area contributed by atoms with Gasteiger partial charge in [0.2, 0.25) is 5.91 Å². The molecule has 3 aromatic rings. The van der Waals surface area contributed by atoms with E-state index in [1.165, 1.54) is 17.2 Å². The zero-order valence-electron chi connectivity index (χ0n) is 16.9. The molecule has 0 bridgehead atoms. The van der Waals surface area contributed by atoms with Crippen LogP contribution >= 0.6 is 15.9 Å². The van der Waals surface area contributed by atoms with E-state index in [4.69, 9.17) is 0 Å². The van der Waals surface area contributed by atoms with Gasteiger partial charge in [-0.05, 0) is 21.5 Å². The van der Waals surface area contributed by atoms with Crippen LogP contribution in [0.1, 0.15) is 5.56 Å². The second-order valence-corrected chi connectivity index (χ2v) is 8.20. The molecule has 0 unspecified atom stereocenters. The molecule has 158 valence electrons. The first-order valence-electron chi connectivity index (χ1n) is 9.72. The highest BCUT2D eigenvalue weighted by molar-refractivity contribution is 9.10. The van der Waals surface area contributed by atoms with Gasteiger partial charge in [-0.1, -0.05) is 30.3 Å². The van der Waals surface area contributed by atoms with Crippen molar-refractivity contribution in [3.8, 4) is 0 Å². The molecular weight excluding hydrogens is 452 g/mol. The van der Waals surface area contributed by atoms with Crippen LogP contribution in [-0.2, 0) is 32.0 Å². The maximum atomic E-state index is 12.9. The van der Waals surface area contributed by atoms with Crippen LogP contribution in [0.5, 0.6) is 0 Å². The number of piperazine rings is 1. The summed E-state index contributed by atoms with van der Waals surface area (Å²) >= 11 is 3.34. The maximum absolute atomic E-state index is 12.9. The molecule has 1 fully saturated rings. The van der Waals surface area contributed by atoms with Crippen molar-refractivity contribution in [2.24, 2.45) is 14.1 Å². The molecule has 9 nitrogen and oxygen atoms in total. The average molecular weight is 475 g/mol. The predicted molar refractivity (Wildman–Crippen MR) is 116 cm³/mol. The molecule has 1 amide bonds. The van der Waals surface area contributed by atoms with Crippen LogP contribution in [0.4, 0.5) is 0 Å². The van der Waals surface area contributed by atoms with Crippen molar-refractivity contribution < 1.29 is 4.79 Å². The topological polar surface area (TPSA) is 85.4 Å². The summed E-state index contributed by atoms with van der Waals surface area (Å²) in [5.74, 6) is -0.0671. The Labute approximate surface area is 181 Å². The van der Waals surface area contributed by atoms with Crippen molar-refractivity contribution in [3.05, 3.63) is 61.5 Å². The minimum absolute atomic E-state index is 0.0101. The predicted octanol–water partition coefficient (Wildman–Crippen LogP) is 0.541. The molecule has 0 N–H and O–H groups in total. The maximum Gasteiger partial charge on any atom is 0.332 e. The smallest absolute Gasteiger partial charge is 0.332 e. The number of hydrogen-bond donors (Lipinski definition) is 0. The number of aryl methyl sites for hydroxylation is 1. The molecule has 3 heterocycles. The lowest BCUT2D eigenvalue weighted by Crippen LogP contribution is -2.49. The number of carbonyl (C=O) groups excluding carboxylic acids is 1. The van der Waals surface area contributed by atoms with Crippen LogP contribution in [0.25, 0.3) is 11.2 Å². The van der Waals surface area contributed by atoms with Gasteiger partial charge in [0.15, 0.2) is 15.9 Å². The molecule has 30 heavy (non-hydrogen) atoms. The van der Waals surface area contributed by atoms with Gasteiger partial charge in [0, 0.05) is 46.8 Å². The zero-order chi connectivity index (χ0) is 21.4. The lowest BCUT2D eigenvalue weighted by atomic mass is 10.2. The van der Waals surface area contributed by atoms with E-state index in [0.717, 1.165) is 24.2 Å². The number of nitrogens with zero attached hydrogens (tertiary/aromatic N) is 6. The van der Waals surface area contributed by atoms with E-state index in [1.807, 2.05) is 23.1 Å². The van der Waals surface area contributed by atoms with E-state index in [2.05, 4.69) is 37.9 Å². The van der Waals surface area contributed by atoms with E-state index in [1.54, 1.807) is 11.6 Å². The van der Waals surface area contributed by atoms with Crippen molar-refractivity contribution >= 4 is 33.0 Å². The lowest BCUT2D eigenvalue weighted by Gasteiger charge is -2.35. The normalized spacial score (nSPS) is 15.1. The van der Waals surface area contributed by atoms with Crippen LogP contribution in [-0.4, -0.2) is 60.6 Å². The second kappa shape index (κ2) is 8.19. The highest BCUT2D eigenvalue weighted by Gasteiger charge is 2.24. The van der Waals surface area contributed by atoms with E-state index < -0.39 is 11.2 Å². The standard InChI is InChI=1S/C20H23BrN6O3/c1-23-17-16(18(29)24(2)20(23)30)22-19(21)27(17)13-15(28)26-10-8-25(9-11-26)12-14-6-4-3-5-7-14/h3-7H,8-13H2,1-2H3. The Kier molecular flexibility index (Phi) is 5.61. The first-order chi connectivity index (χ1) is 14.4. The molecule has 1 saturated heterocycles. The molecule has 0 spiro atoms. The molecule has 4 rings (SSSR count). The number of aromatic nitrogens is 4. The minimum Gasteiger partial charge on any atom is -0.339 e. The van der Waals surface area contributed by atoms with E-state index in [9.17, 15) is 14.4 Å². The molecule has 0 atom stereocenters. The molecule has 0 radical (unpaired) electrons. The summed E-state index contributed by atoms with van der Waals surface area (Å²) in [4.78, 5) is 46.0. The van der Waals surface area contributed by atoms with Gasteiger partial charge in [-0.25, -0.2) is 9.78 Å². The van der Waals surface area contributed by atoms with Gasteiger partial charge in [0.05, 0.1) is 0 Å². The minimum atomic E-state index is -0.477. The molecule has 0 saturated carbocycles. The van der Waals surface area contributed by atoms with Crippen molar-refractivity contribution in [1.29, 1.82) is 0 Å². The Morgan fingerprint density at radius 1 is 1.03 bits per heavy atom. The zero-order valence-corrected chi connectivity index (χ0v) is 18.5. The fourth-order valence-corrected chi connectivity index (χ4v) is 4.31. The fraction of sp³-hybridized carbons (Fsp3) is 0.400. The number of fused-ring (bicyclic) bond motifs is 1. The number of benzene rings is 1. The fourth-order valence-electron chi connectivity index (χ4n) is 3.83. The monoisotopic (exact) mass is 474 g/mol. The van der Waals surface area contributed by atoms with Crippen LogP contribution < -0.4 is 11.2 Å². The quantitative estimate of drug-likeness (QED) is 0.515. The Balaban J connectivity index is 1.49. The Morgan fingerprint density at radius 2 is 1.70 bits per heavy atom. The van der Waals surface area contributed by atoms with Gasteiger partial charge in [-0.2, -0.15) is 0 Å². The number of halogens is 1. The highest BCUT2D eigenvalue weighted by atomic mass is 79.9. The first kappa shape index (κ1) is 20.5. The van der Waals surface area contributed by atoms with Crippen LogP contribution in [0.3, 0.4) is 0 Å². The van der Waals surface area contributed by atoms with Gasteiger partial charge in [-0.15, -0.1) is 0 Å². The third kappa shape index (κ3) is 3.72. The summed E-state index contributed by atoms with van der Waals surface area (Å²) in [5.41, 5.74) is 0.823. The van der Waals surface area contributed by atoms with Crippen molar-refractivity contribution in [2.45, 2.75) is 13.1 Å². The van der Waals surface area contributed by atoms with E-state index in [-0.39, 0.29) is 18.0 Å². The van der Waals surface area contributed by atoms with Crippen LogP contribution in [0.15, 0.2) is 44.7 Å². The van der Waals surface area contributed by atoms with Gasteiger partial charge in [-0.3, -0.25) is 28.2 Å². The number of rotatable bonds is 4. The largest absolute Gasteiger partial charge is 0.339 e. The SMILES string of the molecule is Cn1c(=O)c2nc(Br)n(CC(=O)N3CCN(Cc4ccccc4)CC3)c2n(C)c1=O. The summed E-state index contributed by atoms with van der Waals surface area (Å²) in [5, 5.41) is 0. The molecule has 0 aliphatic carbocycles. The van der Waals surface area contributed by atoms with Crippen molar-refractivity contribution in [3.63, 3.8) is 0 Å². The van der Waals surface area contributed by atoms with Gasteiger partial charge < -0.3 is 4.90 Å². The Bertz CT molecular complexity index is 1210. The summed E-state index contributed by atoms with van der Waals surface area (Å²) in [6.07, 6.45) is 0. The van der Waals surface area contributed by atoms with Crippen LogP contribution in [0, 0.1) is 0 Å². The highest BCUT2D eigenvalue weighted by Crippen LogP contribution is 2.17. The summed E-state index contributed by atoms with van der Waals surface area (Å²) < 4.78 is 4.29. The van der Waals surface area contributed by atoms with E-state index in [0.29, 0.717) is 23.5 Å². The molecule has 10 heteroatoms. The Morgan fingerprint density at radius 3 is 2.37 bits per heavy atom. The number of imidazole rings is 1. The number of carbonyl (C=O) groups is 1. The molecule has 1 aromatic carbocycles. The summed E-state index contributed by atoms with van der Waals surface area (Å²) in [6.45, 7) is 3.74. The van der Waals surface area contributed by atoms with Gasteiger partial charge in [0.1, 0.15) is 6.54 Å². The number of hydrogen-bond acceptors (Lipinski definition) is 5. The molecule has 1 aliphatic heterocycles. The van der Waals surface area contributed by atoms with E-state index >= 15 is 0 Å². The molecule has 2 aromatic heterocycles. The molecule has 1 aliphatic rings. The second-order valence-electron chi connectivity index (χ2n) is 7.49. The van der Waals surface area contributed by atoms with Crippen molar-refractivity contribution in [1.82, 2.24) is 28.5 Å². The van der Waals surface area contributed by atoms with Gasteiger partial charge in [0.25, 0.3) is 5.56 Å². The van der Waals surface area contributed by atoms with Crippen LogP contribution in [0.2, 0.25) is 0 Å². The van der Waals surface area contributed by atoms with Gasteiger partial charge >= 0.3 is 5.69 Å². The summed E-state index contributed by atoms with van der Waals surface area (Å²) in [7, 11) is 2.98. The Hall–Kier alpha value is -2.72. The number of amides is 1. The lowest BCUT2D eigenvalue weighted by molar-refractivity contribution is -0.133. The third-order valence-electron chi connectivity index (χ3n) is 5.56. The summed E-state index contributed by atoms with van der Waals surface area (Å²) in [6, 6.07) is 10.3. The average Bonchev–Trinajstić information content (AvgIpc) is 3.08.